The zero-order chi connectivity index (χ0) is 9.56. The van der Waals surface area contributed by atoms with Crippen LogP contribution in [-0.4, -0.2) is 67.1 Å². The van der Waals surface area contributed by atoms with Crippen molar-refractivity contribution in [2.45, 2.75) is 0 Å². The Labute approximate surface area is 78.9 Å². The third kappa shape index (κ3) is 8.33. The summed E-state index contributed by atoms with van der Waals surface area (Å²) in [6, 6.07) is 0. The normalized spacial score (nSPS) is 12.0. The minimum absolute atomic E-state index is 0.645. The van der Waals surface area contributed by atoms with Crippen LogP contribution in [0.25, 0.3) is 0 Å². The summed E-state index contributed by atoms with van der Waals surface area (Å²) >= 11 is -0.645. The van der Waals surface area contributed by atoms with Gasteiger partial charge in [0, 0.05) is 13.1 Å². The highest BCUT2D eigenvalue weighted by atomic mass is 32.2. The van der Waals surface area contributed by atoms with Crippen LogP contribution >= 0.6 is 0 Å². The molecule has 0 unspecified atom stereocenters. The van der Waals surface area contributed by atoms with E-state index < -0.39 is 11.2 Å². The van der Waals surface area contributed by atoms with Crippen molar-refractivity contribution in [3.05, 3.63) is 0 Å². The van der Waals surface area contributed by atoms with Gasteiger partial charge in [-0.05, 0) is 28.2 Å². The molecule has 0 heterocycles. The van der Waals surface area contributed by atoms with Crippen LogP contribution in [0.5, 0.6) is 0 Å². The average molecular weight is 192 g/mol. The fourth-order valence-corrected chi connectivity index (χ4v) is 2.01. The van der Waals surface area contributed by atoms with Gasteiger partial charge in [-0.3, -0.25) is 0 Å². The van der Waals surface area contributed by atoms with E-state index in [1.807, 2.05) is 28.2 Å². The molecule has 0 aliphatic rings. The molecule has 0 aromatic carbocycles. The molecular formula is C8H20N2OS. The van der Waals surface area contributed by atoms with Crippen LogP contribution in [0.4, 0.5) is 0 Å². The standard InChI is InChI=1S/C8H20N2OS/c1-9(2)5-7-12(11)8-6-10(3)4/h5-8H2,1-4H3. The SMILES string of the molecule is CN(C)CC[S+]([O-])CCN(C)C. The minimum Gasteiger partial charge on any atom is -0.616 e. The lowest BCUT2D eigenvalue weighted by atomic mass is 10.7. The van der Waals surface area contributed by atoms with E-state index in [1.165, 1.54) is 0 Å². The molecule has 0 fully saturated rings. The Kier molecular flexibility index (Phi) is 6.84. The maximum Gasteiger partial charge on any atom is 0.118 e. The van der Waals surface area contributed by atoms with Gasteiger partial charge in [0.05, 0.1) is 0 Å². The van der Waals surface area contributed by atoms with Gasteiger partial charge in [0.15, 0.2) is 0 Å². The Hall–Kier alpha value is 0.230. The molecule has 0 atom stereocenters. The van der Waals surface area contributed by atoms with Gasteiger partial charge in [-0.2, -0.15) is 0 Å². The van der Waals surface area contributed by atoms with E-state index in [2.05, 4.69) is 9.80 Å². The van der Waals surface area contributed by atoms with Crippen LogP contribution in [0.1, 0.15) is 0 Å². The second-order valence-electron chi connectivity index (χ2n) is 3.45. The van der Waals surface area contributed by atoms with Crippen LogP contribution in [0, 0.1) is 0 Å². The molecule has 74 valence electrons. The summed E-state index contributed by atoms with van der Waals surface area (Å²) in [5.74, 6) is 1.58. The first kappa shape index (κ1) is 12.2. The van der Waals surface area contributed by atoms with E-state index in [4.69, 9.17) is 0 Å². The molecule has 0 amide bonds. The maximum atomic E-state index is 11.3. The predicted molar refractivity (Wildman–Crippen MR) is 55.0 cm³/mol. The number of rotatable bonds is 6. The molecule has 0 rings (SSSR count). The van der Waals surface area contributed by atoms with Gasteiger partial charge >= 0.3 is 0 Å². The van der Waals surface area contributed by atoms with Crippen LogP contribution in [0.2, 0.25) is 0 Å². The summed E-state index contributed by atoms with van der Waals surface area (Å²) in [4.78, 5) is 4.13. The summed E-state index contributed by atoms with van der Waals surface area (Å²) in [6.45, 7) is 1.83. The van der Waals surface area contributed by atoms with E-state index in [0.29, 0.717) is 0 Å². The second kappa shape index (κ2) is 6.71. The van der Waals surface area contributed by atoms with Crippen LogP contribution in [-0.2, 0) is 11.2 Å². The third-order valence-corrected chi connectivity index (χ3v) is 2.81. The Morgan fingerprint density at radius 2 is 1.25 bits per heavy atom. The van der Waals surface area contributed by atoms with Crippen LogP contribution < -0.4 is 0 Å². The summed E-state index contributed by atoms with van der Waals surface area (Å²) in [6.07, 6.45) is 0. The van der Waals surface area contributed by atoms with Crippen molar-refractivity contribution < 1.29 is 4.55 Å². The zero-order valence-corrected chi connectivity index (χ0v) is 9.36. The minimum atomic E-state index is -0.645. The highest BCUT2D eigenvalue weighted by Crippen LogP contribution is 1.92. The van der Waals surface area contributed by atoms with Crippen molar-refractivity contribution >= 4 is 11.2 Å². The number of hydrogen-bond donors (Lipinski definition) is 0. The van der Waals surface area contributed by atoms with E-state index in [-0.39, 0.29) is 0 Å². The summed E-state index contributed by atoms with van der Waals surface area (Å²) in [5.41, 5.74) is 0. The summed E-state index contributed by atoms with van der Waals surface area (Å²) < 4.78 is 11.3. The molecule has 0 radical (unpaired) electrons. The lowest BCUT2D eigenvalue weighted by Crippen LogP contribution is -2.28. The van der Waals surface area contributed by atoms with Gasteiger partial charge in [0.2, 0.25) is 0 Å². The van der Waals surface area contributed by atoms with Gasteiger partial charge in [-0.15, -0.1) is 0 Å². The highest BCUT2D eigenvalue weighted by molar-refractivity contribution is 7.91. The van der Waals surface area contributed by atoms with Crippen molar-refractivity contribution in [3.63, 3.8) is 0 Å². The Bertz CT molecular complexity index is 97.2. The third-order valence-electron chi connectivity index (χ3n) is 1.53. The van der Waals surface area contributed by atoms with Crippen molar-refractivity contribution in [2.24, 2.45) is 0 Å². The molecule has 0 aliphatic heterocycles. The first-order valence-electron chi connectivity index (χ1n) is 4.17. The van der Waals surface area contributed by atoms with Crippen molar-refractivity contribution in [1.82, 2.24) is 9.80 Å². The van der Waals surface area contributed by atoms with Gasteiger partial charge in [0.1, 0.15) is 11.5 Å². The summed E-state index contributed by atoms with van der Waals surface area (Å²) in [5, 5.41) is 0. The molecule has 0 aromatic rings. The van der Waals surface area contributed by atoms with Gasteiger partial charge in [-0.25, -0.2) is 0 Å². The maximum absolute atomic E-state index is 11.3. The molecule has 0 saturated carbocycles. The lowest BCUT2D eigenvalue weighted by Gasteiger charge is -2.16. The molecule has 0 N–H and O–H groups in total. The van der Waals surface area contributed by atoms with Crippen molar-refractivity contribution in [3.8, 4) is 0 Å². The molecule has 0 bridgehead atoms. The monoisotopic (exact) mass is 192 g/mol. The first-order chi connectivity index (χ1) is 5.52. The summed E-state index contributed by atoms with van der Waals surface area (Å²) in [7, 11) is 8.01. The first-order valence-corrected chi connectivity index (χ1v) is 5.65. The van der Waals surface area contributed by atoms with Crippen LogP contribution in [0.3, 0.4) is 0 Å². The Morgan fingerprint density at radius 3 is 1.50 bits per heavy atom. The average Bonchev–Trinajstić information content (AvgIpc) is 1.96. The van der Waals surface area contributed by atoms with Gasteiger partial charge in [0.25, 0.3) is 0 Å². The zero-order valence-electron chi connectivity index (χ0n) is 8.54. The van der Waals surface area contributed by atoms with Gasteiger partial charge in [-0.1, -0.05) is 11.2 Å². The van der Waals surface area contributed by atoms with Crippen molar-refractivity contribution in [2.75, 3.05) is 52.8 Å². The highest BCUT2D eigenvalue weighted by Gasteiger charge is 2.06. The molecule has 0 aliphatic carbocycles. The molecule has 12 heavy (non-hydrogen) atoms. The largest absolute Gasteiger partial charge is 0.616 e. The molecule has 4 heteroatoms. The number of hydrogen-bond acceptors (Lipinski definition) is 3. The van der Waals surface area contributed by atoms with E-state index in [1.54, 1.807) is 0 Å². The molecule has 0 spiro atoms. The number of nitrogens with zero attached hydrogens (tertiary/aromatic N) is 2. The van der Waals surface area contributed by atoms with E-state index in [9.17, 15) is 4.55 Å². The topological polar surface area (TPSA) is 29.5 Å². The fourth-order valence-electron chi connectivity index (χ4n) is 0.671. The fraction of sp³-hybridized carbons (Fsp3) is 1.00. The Morgan fingerprint density at radius 1 is 0.917 bits per heavy atom. The molecular weight excluding hydrogens is 172 g/mol. The Balaban J connectivity index is 3.27. The predicted octanol–water partition coefficient (Wildman–Crippen LogP) is -0.142. The quantitative estimate of drug-likeness (QED) is 0.549. The smallest absolute Gasteiger partial charge is 0.118 e. The lowest BCUT2D eigenvalue weighted by molar-refractivity contribution is 0.423. The molecule has 3 nitrogen and oxygen atoms in total. The molecule has 0 aromatic heterocycles. The van der Waals surface area contributed by atoms with E-state index >= 15 is 0 Å². The van der Waals surface area contributed by atoms with Crippen molar-refractivity contribution in [1.29, 1.82) is 0 Å². The van der Waals surface area contributed by atoms with Crippen LogP contribution in [0.15, 0.2) is 0 Å². The van der Waals surface area contributed by atoms with E-state index in [0.717, 1.165) is 24.6 Å². The van der Waals surface area contributed by atoms with Gasteiger partial charge < -0.3 is 14.4 Å². The second-order valence-corrected chi connectivity index (χ2v) is 5.15. The molecule has 0 saturated heterocycles.